The van der Waals surface area contributed by atoms with Crippen LogP contribution in [0.4, 0.5) is 5.69 Å². The lowest BCUT2D eigenvalue weighted by Gasteiger charge is -2.20. The fourth-order valence-electron chi connectivity index (χ4n) is 6.08. The molecule has 5 aromatic rings. The van der Waals surface area contributed by atoms with E-state index in [1.807, 2.05) is 42.5 Å². The topological polar surface area (TPSA) is 97.1 Å². The lowest BCUT2D eigenvalue weighted by molar-refractivity contribution is -0.142. The number of nitrogens with one attached hydrogen (secondary N) is 1. The van der Waals surface area contributed by atoms with E-state index in [0.29, 0.717) is 11.4 Å². The molecule has 4 aromatic carbocycles. The summed E-state index contributed by atoms with van der Waals surface area (Å²) in [5.41, 5.74) is 6.78. The van der Waals surface area contributed by atoms with Crippen LogP contribution in [0.2, 0.25) is 5.02 Å². The van der Waals surface area contributed by atoms with E-state index in [-0.39, 0.29) is 11.8 Å². The first kappa shape index (κ1) is 26.2. The van der Waals surface area contributed by atoms with Crippen LogP contribution in [0, 0.1) is 0 Å². The number of rotatable bonds is 6. The molecule has 1 fully saturated rings. The van der Waals surface area contributed by atoms with Gasteiger partial charge in [-0.05, 0) is 77.9 Å². The van der Waals surface area contributed by atoms with Gasteiger partial charge in [-0.1, -0.05) is 72.3 Å². The van der Waals surface area contributed by atoms with Crippen LogP contribution < -0.4 is 5.32 Å². The number of halogens is 1. The summed E-state index contributed by atoms with van der Waals surface area (Å²) >= 11 is 6.75. The van der Waals surface area contributed by atoms with Crippen LogP contribution in [0.1, 0.15) is 42.9 Å². The third-order valence-corrected chi connectivity index (χ3v) is 9.16. The fraction of sp³-hybridized carbons (Fsp3) is 0.176. The number of aliphatic carboxylic acids is 1. The molecule has 1 aliphatic carbocycles. The van der Waals surface area contributed by atoms with Crippen molar-refractivity contribution >= 4 is 29.2 Å². The highest BCUT2D eigenvalue weighted by Gasteiger charge is 2.65. The average molecular weight is 575 g/mol. The number of carbonyl (C=O) groups excluding carboxylic acids is 1. The molecule has 0 bridgehead atoms. The van der Waals surface area contributed by atoms with E-state index in [0.717, 1.165) is 50.3 Å². The van der Waals surface area contributed by atoms with Crippen LogP contribution >= 0.6 is 11.6 Å². The van der Waals surface area contributed by atoms with Crippen LogP contribution in [-0.2, 0) is 20.4 Å². The molecule has 2 heterocycles. The number of hydrogen-bond acceptors (Lipinski definition) is 4. The van der Waals surface area contributed by atoms with E-state index in [1.165, 1.54) is 6.33 Å². The lowest BCUT2D eigenvalue weighted by atomic mass is 9.83. The quantitative estimate of drug-likeness (QED) is 0.228. The maximum atomic E-state index is 13.3. The minimum Gasteiger partial charge on any atom is -0.481 e. The molecular weight excluding hydrogens is 548 g/mol. The van der Waals surface area contributed by atoms with Crippen molar-refractivity contribution < 1.29 is 14.7 Å². The standard InChI is InChI=1S/C34H27ClN4O3/c1-33(2,32(41)42)24-11-7-23(8-12-24)28-17-34(28)27-15-26(29(35)16-30(27)38-31(34)40)22-5-3-20(4-6-22)21-9-13-25(14-10-21)39-19-36-18-37-39/h3-16,18-19,28H,17H2,1-2H3,(H,38,40)(H,41,42). The summed E-state index contributed by atoms with van der Waals surface area (Å²) in [5.74, 6) is -0.881. The van der Waals surface area contributed by atoms with Gasteiger partial charge in [-0.15, -0.1) is 0 Å². The molecule has 1 saturated carbocycles. The van der Waals surface area contributed by atoms with Crippen molar-refractivity contribution in [3.8, 4) is 27.9 Å². The minimum atomic E-state index is -0.986. The molecule has 7 nitrogen and oxygen atoms in total. The van der Waals surface area contributed by atoms with E-state index < -0.39 is 16.8 Å². The number of carbonyl (C=O) groups is 2. The Labute approximate surface area is 247 Å². The predicted molar refractivity (Wildman–Crippen MR) is 162 cm³/mol. The van der Waals surface area contributed by atoms with Gasteiger partial charge in [0, 0.05) is 17.2 Å². The smallest absolute Gasteiger partial charge is 0.313 e. The predicted octanol–water partition coefficient (Wildman–Crippen LogP) is 6.99. The van der Waals surface area contributed by atoms with Gasteiger partial charge in [0.2, 0.25) is 5.91 Å². The average Bonchev–Trinajstić information content (AvgIpc) is 3.38. The molecule has 8 heteroatoms. The van der Waals surface area contributed by atoms with Crippen molar-refractivity contribution in [2.45, 2.75) is 37.0 Å². The second-order valence-electron chi connectivity index (χ2n) is 11.6. The summed E-state index contributed by atoms with van der Waals surface area (Å²) in [6, 6.07) is 27.9. The molecule has 2 aliphatic rings. The first-order valence-corrected chi connectivity index (χ1v) is 14.1. The Kier molecular flexibility index (Phi) is 5.85. The number of hydrogen-bond donors (Lipinski definition) is 2. The highest BCUT2D eigenvalue weighted by atomic mass is 35.5. The molecule has 1 spiro atoms. The summed E-state index contributed by atoms with van der Waals surface area (Å²) in [7, 11) is 0. The van der Waals surface area contributed by atoms with Gasteiger partial charge in [-0.3, -0.25) is 9.59 Å². The number of amides is 1. The second-order valence-corrected chi connectivity index (χ2v) is 12.0. The van der Waals surface area contributed by atoms with Crippen molar-refractivity contribution in [3.05, 3.63) is 119 Å². The monoisotopic (exact) mass is 574 g/mol. The number of aromatic nitrogens is 3. The molecule has 208 valence electrons. The molecule has 1 amide bonds. The van der Waals surface area contributed by atoms with E-state index in [9.17, 15) is 14.7 Å². The third-order valence-electron chi connectivity index (χ3n) is 8.85. The summed E-state index contributed by atoms with van der Waals surface area (Å²) < 4.78 is 1.72. The van der Waals surface area contributed by atoms with Gasteiger partial charge in [0.1, 0.15) is 12.7 Å². The van der Waals surface area contributed by atoms with Crippen LogP contribution in [0.5, 0.6) is 0 Å². The summed E-state index contributed by atoms with van der Waals surface area (Å²) in [6.07, 6.45) is 3.87. The van der Waals surface area contributed by atoms with E-state index in [4.69, 9.17) is 11.6 Å². The summed E-state index contributed by atoms with van der Waals surface area (Å²) in [6.45, 7) is 3.38. The normalized spacial score (nSPS) is 19.0. The summed E-state index contributed by atoms with van der Waals surface area (Å²) in [4.78, 5) is 29.0. The Hall–Kier alpha value is -4.75. The van der Waals surface area contributed by atoms with Crippen molar-refractivity contribution in [3.63, 3.8) is 0 Å². The van der Waals surface area contributed by atoms with Crippen molar-refractivity contribution in [2.75, 3.05) is 5.32 Å². The number of fused-ring (bicyclic) bond motifs is 2. The zero-order valence-corrected chi connectivity index (χ0v) is 23.8. The van der Waals surface area contributed by atoms with Gasteiger partial charge < -0.3 is 10.4 Å². The van der Waals surface area contributed by atoms with Gasteiger partial charge in [0.25, 0.3) is 0 Å². The molecule has 2 N–H and O–H groups in total. The zero-order valence-electron chi connectivity index (χ0n) is 23.0. The van der Waals surface area contributed by atoms with Crippen molar-refractivity contribution in [1.29, 1.82) is 0 Å². The SMILES string of the molecule is CC(C)(C(=O)O)c1ccc(C2CC23C(=O)Nc2cc(Cl)c(-c4ccc(-c5ccc(-n6cncn6)cc5)cc4)cc23)cc1. The summed E-state index contributed by atoms with van der Waals surface area (Å²) in [5, 5.41) is 17.4. The van der Waals surface area contributed by atoms with Crippen LogP contribution in [0.25, 0.3) is 27.9 Å². The molecule has 42 heavy (non-hydrogen) atoms. The third kappa shape index (κ3) is 4.03. The van der Waals surface area contributed by atoms with E-state index >= 15 is 0 Å². The number of carboxylic acids is 1. The fourth-order valence-corrected chi connectivity index (χ4v) is 6.36. The number of anilines is 1. The first-order valence-electron chi connectivity index (χ1n) is 13.7. The molecule has 0 radical (unpaired) electrons. The Balaban J connectivity index is 1.17. The Morgan fingerprint density at radius 2 is 1.62 bits per heavy atom. The molecule has 2 unspecified atom stereocenters. The number of benzene rings is 4. The number of nitrogens with zero attached hydrogens (tertiary/aromatic N) is 3. The van der Waals surface area contributed by atoms with Gasteiger partial charge in [-0.2, -0.15) is 5.10 Å². The zero-order chi connectivity index (χ0) is 29.2. The van der Waals surface area contributed by atoms with Gasteiger partial charge >= 0.3 is 5.97 Å². The highest BCUT2D eigenvalue weighted by molar-refractivity contribution is 6.34. The lowest BCUT2D eigenvalue weighted by Crippen LogP contribution is -2.28. The van der Waals surface area contributed by atoms with Crippen LogP contribution in [-0.4, -0.2) is 31.7 Å². The van der Waals surface area contributed by atoms with Crippen molar-refractivity contribution in [1.82, 2.24) is 14.8 Å². The molecule has 1 aliphatic heterocycles. The Morgan fingerprint density at radius 1 is 0.976 bits per heavy atom. The van der Waals surface area contributed by atoms with Crippen LogP contribution in [0.3, 0.4) is 0 Å². The molecular formula is C34H27ClN4O3. The van der Waals surface area contributed by atoms with Crippen molar-refractivity contribution in [2.24, 2.45) is 0 Å². The van der Waals surface area contributed by atoms with E-state index in [1.54, 1.807) is 24.9 Å². The molecule has 0 saturated heterocycles. The minimum absolute atomic E-state index is 0.0117. The maximum absolute atomic E-state index is 13.3. The second kappa shape index (κ2) is 9.39. The van der Waals surface area contributed by atoms with E-state index in [2.05, 4.69) is 57.9 Å². The maximum Gasteiger partial charge on any atom is 0.313 e. The number of carboxylic acid groups (broad SMARTS) is 1. The Bertz CT molecular complexity index is 1850. The largest absolute Gasteiger partial charge is 0.481 e. The van der Waals surface area contributed by atoms with Crippen LogP contribution in [0.15, 0.2) is 97.6 Å². The van der Waals surface area contributed by atoms with Gasteiger partial charge in [0.15, 0.2) is 0 Å². The Morgan fingerprint density at radius 3 is 2.24 bits per heavy atom. The molecule has 1 aromatic heterocycles. The van der Waals surface area contributed by atoms with Gasteiger partial charge in [-0.25, -0.2) is 9.67 Å². The van der Waals surface area contributed by atoms with Gasteiger partial charge in [0.05, 0.1) is 21.5 Å². The molecule has 7 rings (SSSR count). The first-order chi connectivity index (χ1) is 20.2. The molecule has 2 atom stereocenters. The highest BCUT2D eigenvalue weighted by Crippen LogP contribution is 2.65.